The molecule has 0 radical (unpaired) electrons. The first-order valence-corrected chi connectivity index (χ1v) is 9.58. The first kappa shape index (κ1) is 17.4. The Morgan fingerprint density at radius 1 is 1.35 bits per heavy atom. The third-order valence-corrected chi connectivity index (χ3v) is 5.67. The summed E-state index contributed by atoms with van der Waals surface area (Å²) >= 11 is 0. The molecule has 26 heavy (non-hydrogen) atoms. The molecule has 0 spiro atoms. The maximum Gasteiger partial charge on any atom is 0.228 e. The summed E-state index contributed by atoms with van der Waals surface area (Å²) in [6, 6.07) is 4.86. The summed E-state index contributed by atoms with van der Waals surface area (Å²) in [5, 5.41) is 0. The van der Waals surface area contributed by atoms with E-state index in [0.29, 0.717) is 12.5 Å². The third-order valence-electron chi connectivity index (χ3n) is 5.67. The van der Waals surface area contributed by atoms with Gasteiger partial charge >= 0.3 is 0 Å². The lowest BCUT2D eigenvalue weighted by Crippen LogP contribution is -2.45. The lowest BCUT2D eigenvalue weighted by molar-refractivity contribution is -0.136. The lowest BCUT2D eigenvalue weighted by Gasteiger charge is -2.33. The van der Waals surface area contributed by atoms with Gasteiger partial charge in [0.1, 0.15) is 11.6 Å². The number of hydrazine groups is 1. The Kier molecular flexibility index (Phi) is 4.91. The number of halogens is 1. The zero-order valence-corrected chi connectivity index (χ0v) is 15.1. The molecule has 4 rings (SSSR count). The summed E-state index contributed by atoms with van der Waals surface area (Å²) in [5.41, 5.74) is 7.91. The van der Waals surface area contributed by atoms with Crippen molar-refractivity contribution in [2.45, 2.75) is 44.6 Å². The molecule has 2 aromatic rings. The molecule has 1 aromatic heterocycles. The number of benzene rings is 1. The maximum atomic E-state index is 13.4. The molecule has 0 saturated carbocycles. The number of piperidine rings is 1. The average Bonchev–Trinajstić information content (AvgIpc) is 3.28. The predicted octanol–water partition coefficient (Wildman–Crippen LogP) is 2.30. The van der Waals surface area contributed by atoms with E-state index in [9.17, 15) is 9.18 Å². The Balaban J connectivity index is 1.39. The summed E-state index contributed by atoms with van der Waals surface area (Å²) in [6.07, 6.45) is 3.85. The van der Waals surface area contributed by atoms with Crippen LogP contribution in [0.4, 0.5) is 4.39 Å². The second-order valence-corrected chi connectivity index (χ2v) is 7.41. The molecular weight excluding hydrogens is 333 g/mol. The highest BCUT2D eigenvalue weighted by molar-refractivity contribution is 5.80. The minimum Gasteiger partial charge on any atom is -0.342 e. The fourth-order valence-corrected chi connectivity index (χ4v) is 4.19. The maximum absolute atomic E-state index is 13.4. The molecule has 2 aliphatic rings. The van der Waals surface area contributed by atoms with Crippen molar-refractivity contribution in [2.75, 3.05) is 19.6 Å². The first-order valence-electron chi connectivity index (χ1n) is 9.58. The number of rotatable bonds is 4. The molecule has 3 N–H and O–H groups in total. The van der Waals surface area contributed by atoms with Crippen LogP contribution in [0.3, 0.4) is 0 Å². The van der Waals surface area contributed by atoms with Crippen LogP contribution in [0.5, 0.6) is 0 Å². The molecule has 3 heterocycles. The normalized spacial score (nSPS) is 24.5. The number of carbonyl (C=O) groups excluding carboxylic acids is 1. The zero-order chi connectivity index (χ0) is 18.1. The summed E-state index contributed by atoms with van der Waals surface area (Å²) in [4.78, 5) is 22.8. The standard InChI is InChI=1S/C19H26FN5O/c1-2-3-15-14(11-21-24-15)19(26)25-8-6-12(7-9-25)18-22-16-5-4-13(20)10-17(16)23-18/h4-5,10,12,14-15,21,24H,2-3,6-9,11H2,1H3,(H,22,23). The number of aromatic amines is 1. The van der Waals surface area contributed by atoms with E-state index in [1.165, 1.54) is 12.1 Å². The van der Waals surface area contributed by atoms with Crippen LogP contribution >= 0.6 is 0 Å². The van der Waals surface area contributed by atoms with Crippen LogP contribution in [-0.2, 0) is 4.79 Å². The van der Waals surface area contributed by atoms with Crippen molar-refractivity contribution in [3.05, 3.63) is 29.8 Å². The first-order chi connectivity index (χ1) is 12.7. The molecule has 0 bridgehead atoms. The number of likely N-dealkylation sites (tertiary alicyclic amines) is 1. The Hall–Kier alpha value is -1.99. The largest absolute Gasteiger partial charge is 0.342 e. The van der Waals surface area contributed by atoms with Crippen LogP contribution in [0.15, 0.2) is 18.2 Å². The molecule has 2 unspecified atom stereocenters. The van der Waals surface area contributed by atoms with Gasteiger partial charge in [-0.1, -0.05) is 13.3 Å². The van der Waals surface area contributed by atoms with Gasteiger partial charge < -0.3 is 9.88 Å². The minimum atomic E-state index is -0.256. The van der Waals surface area contributed by atoms with Crippen LogP contribution in [0, 0.1) is 11.7 Å². The molecule has 6 nitrogen and oxygen atoms in total. The molecule has 2 fully saturated rings. The number of fused-ring (bicyclic) bond motifs is 1. The van der Waals surface area contributed by atoms with E-state index in [-0.39, 0.29) is 23.7 Å². The fraction of sp³-hybridized carbons (Fsp3) is 0.579. The van der Waals surface area contributed by atoms with Gasteiger partial charge in [0.15, 0.2) is 0 Å². The number of hydrogen-bond acceptors (Lipinski definition) is 4. The van der Waals surface area contributed by atoms with Gasteiger partial charge in [0, 0.05) is 31.6 Å². The predicted molar refractivity (Wildman–Crippen MR) is 97.9 cm³/mol. The topological polar surface area (TPSA) is 73.0 Å². The van der Waals surface area contributed by atoms with E-state index in [2.05, 4.69) is 27.7 Å². The van der Waals surface area contributed by atoms with Gasteiger partial charge in [0.25, 0.3) is 0 Å². The van der Waals surface area contributed by atoms with Gasteiger partial charge in [-0.25, -0.2) is 9.37 Å². The molecule has 7 heteroatoms. The van der Waals surface area contributed by atoms with Crippen LogP contribution in [0.25, 0.3) is 11.0 Å². The van der Waals surface area contributed by atoms with Crippen LogP contribution in [-0.4, -0.2) is 46.5 Å². The molecule has 2 atom stereocenters. The Morgan fingerprint density at radius 3 is 2.92 bits per heavy atom. The molecule has 1 aromatic carbocycles. The second kappa shape index (κ2) is 7.32. The van der Waals surface area contributed by atoms with Gasteiger partial charge in [-0.15, -0.1) is 0 Å². The number of amides is 1. The number of H-pyrrole nitrogens is 1. The van der Waals surface area contributed by atoms with Crippen molar-refractivity contribution in [3.63, 3.8) is 0 Å². The number of carbonyl (C=O) groups is 1. The highest BCUT2D eigenvalue weighted by Gasteiger charge is 2.36. The van der Waals surface area contributed by atoms with Crippen molar-refractivity contribution in [2.24, 2.45) is 5.92 Å². The molecule has 2 saturated heterocycles. The van der Waals surface area contributed by atoms with E-state index in [1.807, 2.05) is 4.90 Å². The molecule has 1 amide bonds. The van der Waals surface area contributed by atoms with Crippen molar-refractivity contribution < 1.29 is 9.18 Å². The van der Waals surface area contributed by atoms with Crippen LogP contribution in [0.2, 0.25) is 0 Å². The highest BCUT2D eigenvalue weighted by Crippen LogP contribution is 2.29. The molecule has 140 valence electrons. The number of imidazole rings is 1. The molecule has 0 aliphatic carbocycles. The van der Waals surface area contributed by atoms with Crippen LogP contribution in [0.1, 0.15) is 44.3 Å². The zero-order valence-electron chi connectivity index (χ0n) is 15.1. The number of nitrogens with zero attached hydrogens (tertiary/aromatic N) is 2. The molecular formula is C19H26FN5O. The fourth-order valence-electron chi connectivity index (χ4n) is 4.19. The van der Waals surface area contributed by atoms with Gasteiger partial charge in [-0.2, -0.15) is 0 Å². The van der Waals surface area contributed by atoms with Gasteiger partial charge in [0.2, 0.25) is 5.91 Å². The molecule has 2 aliphatic heterocycles. The second-order valence-electron chi connectivity index (χ2n) is 7.41. The van der Waals surface area contributed by atoms with Crippen molar-refractivity contribution >= 4 is 16.9 Å². The van der Waals surface area contributed by atoms with Gasteiger partial charge in [-0.05, 0) is 37.5 Å². The highest BCUT2D eigenvalue weighted by atomic mass is 19.1. The van der Waals surface area contributed by atoms with Gasteiger partial charge in [-0.3, -0.25) is 15.6 Å². The van der Waals surface area contributed by atoms with Gasteiger partial charge in [0.05, 0.1) is 17.0 Å². The van der Waals surface area contributed by atoms with Crippen LogP contribution < -0.4 is 10.9 Å². The Morgan fingerprint density at radius 2 is 2.15 bits per heavy atom. The van der Waals surface area contributed by atoms with E-state index in [0.717, 1.165) is 55.6 Å². The average molecular weight is 359 g/mol. The summed E-state index contributed by atoms with van der Waals surface area (Å²) in [7, 11) is 0. The lowest BCUT2D eigenvalue weighted by atomic mass is 9.92. The smallest absolute Gasteiger partial charge is 0.228 e. The Labute approximate surface area is 152 Å². The third kappa shape index (κ3) is 3.33. The van der Waals surface area contributed by atoms with E-state index in [1.54, 1.807) is 6.07 Å². The monoisotopic (exact) mass is 359 g/mol. The van der Waals surface area contributed by atoms with E-state index >= 15 is 0 Å². The number of hydrogen-bond donors (Lipinski definition) is 3. The minimum absolute atomic E-state index is 0.0284. The summed E-state index contributed by atoms with van der Waals surface area (Å²) < 4.78 is 13.4. The Bertz CT molecular complexity index is 783. The summed E-state index contributed by atoms with van der Waals surface area (Å²) in [6.45, 7) is 4.36. The van der Waals surface area contributed by atoms with Crippen molar-refractivity contribution in [3.8, 4) is 0 Å². The summed E-state index contributed by atoms with van der Waals surface area (Å²) in [5.74, 6) is 1.23. The SMILES string of the molecule is CCCC1NNCC1C(=O)N1CCC(c2nc3ccc(F)cc3[nH]2)CC1. The quantitative estimate of drug-likeness (QED) is 0.783. The number of nitrogens with one attached hydrogen (secondary N) is 3. The van der Waals surface area contributed by atoms with E-state index < -0.39 is 0 Å². The van der Waals surface area contributed by atoms with Crippen molar-refractivity contribution in [1.29, 1.82) is 0 Å². The number of aromatic nitrogens is 2. The van der Waals surface area contributed by atoms with E-state index in [4.69, 9.17) is 0 Å². The van der Waals surface area contributed by atoms with Crippen molar-refractivity contribution in [1.82, 2.24) is 25.7 Å².